The number of guanidine groups is 1. The second-order valence-electron chi connectivity index (χ2n) is 6.75. The van der Waals surface area contributed by atoms with E-state index in [1.54, 1.807) is 0 Å². The van der Waals surface area contributed by atoms with Crippen molar-refractivity contribution in [2.24, 2.45) is 22.7 Å². The minimum absolute atomic E-state index is 0. The van der Waals surface area contributed by atoms with Crippen LogP contribution < -0.4 is 5.32 Å². The zero-order valence-electron chi connectivity index (χ0n) is 13.1. The third-order valence-electron chi connectivity index (χ3n) is 5.01. The molecule has 2 aliphatic carbocycles. The Morgan fingerprint density at radius 1 is 1.14 bits per heavy atom. The molecule has 0 aromatic carbocycles. The summed E-state index contributed by atoms with van der Waals surface area (Å²) in [6.45, 7) is 5.94. The van der Waals surface area contributed by atoms with Crippen molar-refractivity contribution in [2.45, 2.75) is 51.6 Å². The van der Waals surface area contributed by atoms with Gasteiger partial charge < -0.3 is 15.3 Å². The van der Waals surface area contributed by atoms with Gasteiger partial charge >= 0.3 is 0 Å². The summed E-state index contributed by atoms with van der Waals surface area (Å²) in [5, 5.41) is 13.1. The minimum Gasteiger partial charge on any atom is -0.393 e. The SMILES string of the molecule is CCNC(=NCC(C1CC1)C1CC1)N1CCC(O)CC1.I. The first-order valence-electron chi connectivity index (χ1n) is 8.49. The molecule has 0 unspecified atom stereocenters. The fourth-order valence-electron chi connectivity index (χ4n) is 3.43. The van der Waals surface area contributed by atoms with Crippen LogP contribution in [0.15, 0.2) is 4.99 Å². The quantitative estimate of drug-likeness (QED) is 0.418. The van der Waals surface area contributed by atoms with Gasteiger partial charge in [-0.2, -0.15) is 0 Å². The molecule has 1 aliphatic heterocycles. The van der Waals surface area contributed by atoms with Crippen LogP contribution in [0.4, 0.5) is 0 Å². The Kier molecular flexibility index (Phi) is 6.59. The summed E-state index contributed by atoms with van der Waals surface area (Å²) >= 11 is 0. The Bertz CT molecular complexity index is 335. The van der Waals surface area contributed by atoms with Gasteiger partial charge in [-0.1, -0.05) is 0 Å². The molecule has 0 radical (unpaired) electrons. The van der Waals surface area contributed by atoms with Gasteiger partial charge in [0.15, 0.2) is 5.96 Å². The van der Waals surface area contributed by atoms with Gasteiger partial charge in [-0.3, -0.25) is 4.99 Å². The Balaban J connectivity index is 0.00000161. The van der Waals surface area contributed by atoms with Crippen LogP contribution in [-0.2, 0) is 0 Å². The van der Waals surface area contributed by atoms with E-state index in [2.05, 4.69) is 17.1 Å². The molecular weight excluding hydrogens is 377 g/mol. The Hall–Kier alpha value is -0.0400. The number of nitrogens with one attached hydrogen (secondary N) is 1. The topological polar surface area (TPSA) is 47.9 Å². The van der Waals surface area contributed by atoms with Gasteiger partial charge in [0, 0.05) is 26.2 Å². The summed E-state index contributed by atoms with van der Waals surface area (Å²) in [4.78, 5) is 7.26. The van der Waals surface area contributed by atoms with Crippen molar-refractivity contribution in [3.8, 4) is 0 Å². The van der Waals surface area contributed by atoms with Crippen molar-refractivity contribution < 1.29 is 5.11 Å². The first kappa shape index (κ1) is 17.3. The molecule has 0 bridgehead atoms. The molecule has 0 aromatic heterocycles. The number of hydrogen-bond acceptors (Lipinski definition) is 2. The molecule has 0 spiro atoms. The number of aliphatic hydroxyl groups is 1. The van der Waals surface area contributed by atoms with Gasteiger partial charge in [0.05, 0.1) is 6.10 Å². The molecule has 1 heterocycles. The zero-order chi connectivity index (χ0) is 13.9. The zero-order valence-corrected chi connectivity index (χ0v) is 15.5. The van der Waals surface area contributed by atoms with Crippen molar-refractivity contribution >= 4 is 29.9 Å². The van der Waals surface area contributed by atoms with E-state index in [-0.39, 0.29) is 30.1 Å². The molecule has 21 heavy (non-hydrogen) atoms. The van der Waals surface area contributed by atoms with Gasteiger partial charge in [0.2, 0.25) is 0 Å². The summed E-state index contributed by atoms with van der Waals surface area (Å²) in [6.07, 6.45) is 7.37. The van der Waals surface area contributed by atoms with Crippen LogP contribution in [0.2, 0.25) is 0 Å². The summed E-state index contributed by atoms with van der Waals surface area (Å²) in [6, 6.07) is 0. The lowest BCUT2D eigenvalue weighted by molar-refractivity contribution is 0.108. The largest absolute Gasteiger partial charge is 0.393 e. The summed E-state index contributed by atoms with van der Waals surface area (Å²) in [7, 11) is 0. The van der Waals surface area contributed by atoms with Crippen LogP contribution in [0.3, 0.4) is 0 Å². The van der Waals surface area contributed by atoms with E-state index in [0.29, 0.717) is 0 Å². The lowest BCUT2D eigenvalue weighted by Gasteiger charge is -2.32. The van der Waals surface area contributed by atoms with E-state index < -0.39 is 0 Å². The van der Waals surface area contributed by atoms with Crippen LogP contribution in [0.25, 0.3) is 0 Å². The average molecular weight is 407 g/mol. The molecule has 3 rings (SSSR count). The number of aliphatic imine (C=N–C) groups is 1. The highest BCUT2D eigenvalue weighted by atomic mass is 127. The first-order chi connectivity index (χ1) is 9.78. The number of nitrogens with zero attached hydrogens (tertiary/aromatic N) is 2. The third-order valence-corrected chi connectivity index (χ3v) is 5.01. The van der Waals surface area contributed by atoms with Gasteiger partial charge in [0.25, 0.3) is 0 Å². The van der Waals surface area contributed by atoms with E-state index in [1.165, 1.54) is 25.7 Å². The molecule has 3 fully saturated rings. The van der Waals surface area contributed by atoms with Crippen LogP contribution in [-0.4, -0.2) is 48.2 Å². The van der Waals surface area contributed by atoms with E-state index in [9.17, 15) is 5.11 Å². The summed E-state index contributed by atoms with van der Waals surface area (Å²) in [5.74, 6) is 3.86. The smallest absolute Gasteiger partial charge is 0.193 e. The van der Waals surface area contributed by atoms with Gasteiger partial charge in [0.1, 0.15) is 0 Å². The summed E-state index contributed by atoms with van der Waals surface area (Å²) in [5.41, 5.74) is 0. The predicted molar refractivity (Wildman–Crippen MR) is 97.1 cm³/mol. The van der Waals surface area contributed by atoms with Crippen LogP contribution >= 0.6 is 24.0 Å². The molecule has 0 aromatic rings. The molecule has 122 valence electrons. The molecular formula is C16H30IN3O. The van der Waals surface area contributed by atoms with E-state index in [1.807, 2.05) is 0 Å². The first-order valence-corrected chi connectivity index (χ1v) is 8.49. The Morgan fingerprint density at radius 3 is 2.19 bits per heavy atom. The molecule has 2 saturated carbocycles. The van der Waals surface area contributed by atoms with Crippen molar-refractivity contribution in [3.05, 3.63) is 0 Å². The Morgan fingerprint density at radius 2 is 1.71 bits per heavy atom. The fourth-order valence-corrected chi connectivity index (χ4v) is 3.43. The Labute approximate surface area is 145 Å². The van der Waals surface area contributed by atoms with Gasteiger partial charge in [-0.15, -0.1) is 24.0 Å². The molecule has 2 N–H and O–H groups in total. The lowest BCUT2D eigenvalue weighted by atomic mass is 9.98. The average Bonchev–Trinajstić information content (AvgIpc) is 3.32. The van der Waals surface area contributed by atoms with Crippen molar-refractivity contribution in [3.63, 3.8) is 0 Å². The maximum atomic E-state index is 9.63. The minimum atomic E-state index is -0.111. The predicted octanol–water partition coefficient (Wildman–Crippen LogP) is 2.46. The maximum absolute atomic E-state index is 9.63. The molecule has 0 atom stereocenters. The van der Waals surface area contributed by atoms with Crippen molar-refractivity contribution in [1.82, 2.24) is 10.2 Å². The summed E-state index contributed by atoms with van der Waals surface area (Å²) < 4.78 is 0. The monoisotopic (exact) mass is 407 g/mol. The maximum Gasteiger partial charge on any atom is 0.193 e. The van der Waals surface area contributed by atoms with Crippen molar-refractivity contribution in [1.29, 1.82) is 0 Å². The molecule has 4 nitrogen and oxygen atoms in total. The van der Waals surface area contributed by atoms with Crippen LogP contribution in [0.1, 0.15) is 45.4 Å². The van der Waals surface area contributed by atoms with Crippen LogP contribution in [0.5, 0.6) is 0 Å². The number of rotatable bonds is 5. The van der Waals surface area contributed by atoms with Crippen molar-refractivity contribution in [2.75, 3.05) is 26.2 Å². The van der Waals surface area contributed by atoms with E-state index in [4.69, 9.17) is 4.99 Å². The number of aliphatic hydroxyl groups excluding tert-OH is 1. The highest BCUT2D eigenvalue weighted by Gasteiger charge is 2.41. The fraction of sp³-hybridized carbons (Fsp3) is 0.938. The number of piperidine rings is 1. The lowest BCUT2D eigenvalue weighted by Crippen LogP contribution is -2.46. The molecule has 3 aliphatic rings. The molecule has 0 amide bonds. The van der Waals surface area contributed by atoms with Crippen LogP contribution in [0, 0.1) is 17.8 Å². The number of likely N-dealkylation sites (tertiary alicyclic amines) is 1. The highest BCUT2D eigenvalue weighted by Crippen LogP contribution is 2.49. The molecule has 1 saturated heterocycles. The van der Waals surface area contributed by atoms with Gasteiger partial charge in [-0.05, 0) is 63.2 Å². The second kappa shape index (κ2) is 7.99. The van der Waals surface area contributed by atoms with E-state index >= 15 is 0 Å². The normalized spacial score (nSPS) is 24.1. The number of halogens is 1. The standard InChI is InChI=1S/C16H29N3O.HI/c1-2-17-16(19-9-7-14(20)8-10-19)18-11-15(12-3-4-12)13-5-6-13;/h12-15,20H,2-11H2,1H3,(H,17,18);1H. The number of hydrogen-bond donors (Lipinski definition) is 2. The second-order valence-corrected chi connectivity index (χ2v) is 6.75. The third kappa shape index (κ3) is 4.98. The molecule has 5 heteroatoms. The van der Waals surface area contributed by atoms with Gasteiger partial charge in [-0.25, -0.2) is 0 Å². The highest BCUT2D eigenvalue weighted by molar-refractivity contribution is 14.0. The van der Waals surface area contributed by atoms with E-state index in [0.717, 1.165) is 62.7 Å².